The van der Waals surface area contributed by atoms with E-state index in [2.05, 4.69) is 10.2 Å². The number of carbonyl (C=O) groups is 1. The lowest BCUT2D eigenvalue weighted by Crippen LogP contribution is -2.24. The number of hydrogen-bond acceptors (Lipinski definition) is 5. The van der Waals surface area contributed by atoms with Crippen LogP contribution in [0.2, 0.25) is 0 Å². The molecule has 0 amide bonds. The normalized spacial score (nSPS) is 10.8. The Balaban J connectivity index is 2.06. The Hall–Kier alpha value is -3.25. The summed E-state index contributed by atoms with van der Waals surface area (Å²) in [6.45, 7) is 1.04. The van der Waals surface area contributed by atoms with Crippen LogP contribution in [0.25, 0.3) is 22.4 Å². The lowest BCUT2D eigenvalue weighted by molar-refractivity contribution is 0.0492. The van der Waals surface area contributed by atoms with Gasteiger partial charge in [0.15, 0.2) is 0 Å². The summed E-state index contributed by atoms with van der Waals surface area (Å²) in [5, 5.41) is 6.69. The van der Waals surface area contributed by atoms with Crippen molar-refractivity contribution in [1.82, 2.24) is 15.1 Å². The number of rotatable bonds is 7. The van der Waals surface area contributed by atoms with Crippen LogP contribution in [0.3, 0.4) is 0 Å². The second-order valence-electron chi connectivity index (χ2n) is 6.68. The minimum absolute atomic E-state index is 0.0232. The van der Waals surface area contributed by atoms with Crippen LogP contribution in [-0.2, 0) is 4.74 Å². The smallest absolute Gasteiger partial charge is 0.344 e. The molecule has 0 aliphatic heterocycles. The molecule has 6 heteroatoms. The van der Waals surface area contributed by atoms with Crippen LogP contribution in [0.15, 0.2) is 65.5 Å². The van der Waals surface area contributed by atoms with E-state index in [1.165, 1.54) is 0 Å². The molecular formula is C22H23N3O3. The molecule has 0 fully saturated rings. The summed E-state index contributed by atoms with van der Waals surface area (Å²) in [6.07, 6.45) is 0.688. The van der Waals surface area contributed by atoms with Gasteiger partial charge in [-0.25, -0.2) is 9.89 Å². The molecule has 28 heavy (non-hydrogen) atoms. The minimum Gasteiger partial charge on any atom is -0.462 e. The van der Waals surface area contributed by atoms with Crippen LogP contribution >= 0.6 is 0 Å². The Morgan fingerprint density at radius 3 is 2.21 bits per heavy atom. The van der Waals surface area contributed by atoms with Crippen molar-refractivity contribution < 1.29 is 9.53 Å². The van der Waals surface area contributed by atoms with Crippen LogP contribution in [0.5, 0.6) is 0 Å². The number of carbonyl (C=O) groups excluding carboxylic acids is 1. The number of hydrogen-bond donors (Lipinski definition) is 1. The maximum Gasteiger partial charge on any atom is 0.344 e. The van der Waals surface area contributed by atoms with Crippen LogP contribution in [0, 0.1) is 0 Å². The summed E-state index contributed by atoms with van der Waals surface area (Å²) in [7, 11) is 3.91. The number of nitrogens with one attached hydrogen (secondary N) is 1. The number of ether oxygens (including phenoxy) is 1. The third-order valence-corrected chi connectivity index (χ3v) is 4.28. The maximum absolute atomic E-state index is 12.8. The highest BCUT2D eigenvalue weighted by Crippen LogP contribution is 2.31. The second kappa shape index (κ2) is 9.10. The quantitative estimate of drug-likeness (QED) is 0.505. The zero-order valence-electron chi connectivity index (χ0n) is 16.0. The molecule has 2 aromatic carbocycles. The van der Waals surface area contributed by atoms with Gasteiger partial charge in [0.2, 0.25) is 0 Å². The summed E-state index contributed by atoms with van der Waals surface area (Å²) < 4.78 is 5.40. The molecule has 0 saturated heterocycles. The zero-order valence-corrected chi connectivity index (χ0v) is 16.0. The van der Waals surface area contributed by atoms with Gasteiger partial charge in [-0.15, -0.1) is 0 Å². The van der Waals surface area contributed by atoms with Crippen LogP contribution in [0.1, 0.15) is 16.8 Å². The number of aromatic nitrogens is 2. The van der Waals surface area contributed by atoms with E-state index >= 15 is 0 Å². The van der Waals surface area contributed by atoms with E-state index in [-0.39, 0.29) is 12.2 Å². The third kappa shape index (κ3) is 4.53. The van der Waals surface area contributed by atoms with Gasteiger partial charge < -0.3 is 9.64 Å². The molecular weight excluding hydrogens is 354 g/mol. The van der Waals surface area contributed by atoms with Crippen molar-refractivity contribution in [1.29, 1.82) is 0 Å². The average molecular weight is 377 g/mol. The Kier molecular flexibility index (Phi) is 6.34. The first-order chi connectivity index (χ1) is 13.6. The fourth-order valence-electron chi connectivity index (χ4n) is 2.95. The largest absolute Gasteiger partial charge is 0.462 e. The van der Waals surface area contributed by atoms with Crippen molar-refractivity contribution in [2.24, 2.45) is 0 Å². The summed E-state index contributed by atoms with van der Waals surface area (Å²) >= 11 is 0. The van der Waals surface area contributed by atoms with Crippen LogP contribution < -0.4 is 5.56 Å². The molecule has 1 aromatic heterocycles. The SMILES string of the molecule is CN(C)CCCOC(=O)c1c(-c2ccccc2)c(-c2ccccc2)n[nH]c1=O. The highest BCUT2D eigenvalue weighted by Gasteiger charge is 2.24. The van der Waals surface area contributed by atoms with Gasteiger partial charge in [-0.05, 0) is 26.1 Å². The molecule has 144 valence electrons. The topological polar surface area (TPSA) is 75.3 Å². The number of H-pyrrole nitrogens is 1. The van der Waals surface area contributed by atoms with Crippen molar-refractivity contribution in [3.05, 3.63) is 76.6 Å². The molecule has 3 rings (SSSR count). The van der Waals surface area contributed by atoms with Crippen molar-refractivity contribution in [2.75, 3.05) is 27.2 Å². The summed E-state index contributed by atoms with van der Waals surface area (Å²) in [6, 6.07) is 18.8. The van der Waals surface area contributed by atoms with Gasteiger partial charge in [-0.2, -0.15) is 5.10 Å². The van der Waals surface area contributed by atoms with Gasteiger partial charge >= 0.3 is 5.97 Å². The van der Waals surface area contributed by atoms with E-state index in [0.29, 0.717) is 17.7 Å². The summed E-state index contributed by atoms with van der Waals surface area (Å²) in [5.41, 5.74) is 1.97. The Labute approximate surface area is 163 Å². The molecule has 0 radical (unpaired) electrons. The van der Waals surface area contributed by atoms with E-state index in [0.717, 1.165) is 17.7 Å². The molecule has 0 aliphatic carbocycles. The third-order valence-electron chi connectivity index (χ3n) is 4.28. The fraction of sp³-hybridized carbons (Fsp3) is 0.227. The minimum atomic E-state index is -0.640. The number of esters is 1. The van der Waals surface area contributed by atoms with E-state index in [4.69, 9.17) is 4.74 Å². The molecule has 1 N–H and O–H groups in total. The Morgan fingerprint density at radius 2 is 1.61 bits per heavy atom. The molecule has 0 atom stereocenters. The highest BCUT2D eigenvalue weighted by molar-refractivity contribution is 6.00. The van der Waals surface area contributed by atoms with E-state index in [1.54, 1.807) is 0 Å². The first-order valence-corrected chi connectivity index (χ1v) is 9.13. The van der Waals surface area contributed by atoms with Crippen molar-refractivity contribution in [3.63, 3.8) is 0 Å². The Morgan fingerprint density at radius 1 is 1.00 bits per heavy atom. The zero-order chi connectivity index (χ0) is 19.9. The fourth-order valence-corrected chi connectivity index (χ4v) is 2.95. The standard InChI is InChI=1S/C22H23N3O3/c1-25(2)14-9-15-28-22(27)19-18(16-10-5-3-6-11-16)20(23-24-21(19)26)17-12-7-4-8-13-17/h3-8,10-13H,9,14-15H2,1-2H3,(H,24,26). The van der Waals surface area contributed by atoms with Crippen molar-refractivity contribution in [3.8, 4) is 22.4 Å². The molecule has 0 aliphatic rings. The van der Waals surface area contributed by atoms with Gasteiger partial charge in [0.1, 0.15) is 5.56 Å². The Bertz CT molecular complexity index is 983. The number of nitrogens with zero attached hydrogens (tertiary/aromatic N) is 2. The van der Waals surface area contributed by atoms with Crippen molar-refractivity contribution >= 4 is 5.97 Å². The first kappa shape index (κ1) is 19.5. The molecule has 0 saturated carbocycles. The van der Waals surface area contributed by atoms with E-state index in [1.807, 2.05) is 79.7 Å². The van der Waals surface area contributed by atoms with Gasteiger partial charge in [0.25, 0.3) is 5.56 Å². The summed E-state index contributed by atoms with van der Waals surface area (Å²) in [5.74, 6) is -0.640. The number of aromatic amines is 1. The highest BCUT2D eigenvalue weighted by atomic mass is 16.5. The van der Waals surface area contributed by atoms with Crippen LogP contribution in [0.4, 0.5) is 0 Å². The van der Waals surface area contributed by atoms with Crippen LogP contribution in [-0.4, -0.2) is 48.3 Å². The summed E-state index contributed by atoms with van der Waals surface area (Å²) in [4.78, 5) is 27.4. The molecule has 0 unspecified atom stereocenters. The lowest BCUT2D eigenvalue weighted by Gasteiger charge is -2.14. The second-order valence-corrected chi connectivity index (χ2v) is 6.68. The van der Waals surface area contributed by atoms with Gasteiger partial charge in [-0.3, -0.25) is 4.79 Å². The predicted molar refractivity (Wildman–Crippen MR) is 109 cm³/mol. The molecule has 1 heterocycles. The molecule has 0 bridgehead atoms. The first-order valence-electron chi connectivity index (χ1n) is 9.13. The number of benzene rings is 2. The van der Waals surface area contributed by atoms with Crippen molar-refractivity contribution in [2.45, 2.75) is 6.42 Å². The predicted octanol–water partition coefficient (Wildman–Crippen LogP) is 3.21. The lowest BCUT2D eigenvalue weighted by atomic mass is 9.95. The maximum atomic E-state index is 12.8. The van der Waals surface area contributed by atoms with E-state index < -0.39 is 11.5 Å². The van der Waals surface area contributed by atoms with Gasteiger partial charge in [0, 0.05) is 17.7 Å². The van der Waals surface area contributed by atoms with Gasteiger partial charge in [-0.1, -0.05) is 60.7 Å². The average Bonchev–Trinajstić information content (AvgIpc) is 2.72. The monoisotopic (exact) mass is 377 g/mol. The molecule has 6 nitrogen and oxygen atoms in total. The van der Waals surface area contributed by atoms with E-state index in [9.17, 15) is 9.59 Å². The van der Waals surface area contributed by atoms with Gasteiger partial charge in [0.05, 0.1) is 12.3 Å². The molecule has 3 aromatic rings. The molecule has 0 spiro atoms.